The molecule has 0 unspecified atom stereocenters. The summed E-state index contributed by atoms with van der Waals surface area (Å²) in [6.07, 6.45) is 0. The van der Waals surface area contributed by atoms with Gasteiger partial charge in [0.1, 0.15) is 5.69 Å². The summed E-state index contributed by atoms with van der Waals surface area (Å²) in [5.41, 5.74) is 2.99. The van der Waals surface area contributed by atoms with Crippen molar-refractivity contribution in [1.82, 2.24) is 0 Å². The van der Waals surface area contributed by atoms with E-state index in [4.69, 9.17) is 17.3 Å². The Morgan fingerprint density at radius 3 is 2.31 bits per heavy atom. The van der Waals surface area contributed by atoms with Crippen LogP contribution in [-0.4, -0.2) is 5.24 Å². The molecule has 0 fully saturated rings. The van der Waals surface area contributed by atoms with Gasteiger partial charge in [-0.15, -0.1) is 0 Å². The number of benzene rings is 1. The molecule has 0 aliphatic carbocycles. The van der Waals surface area contributed by atoms with Gasteiger partial charge in [-0.3, -0.25) is 4.79 Å². The maximum absolute atomic E-state index is 12.9. The number of nitrogens with two attached hydrogens (primary N) is 1. The van der Waals surface area contributed by atoms with Gasteiger partial charge in [0.15, 0.2) is 17.5 Å². The van der Waals surface area contributed by atoms with E-state index in [0.29, 0.717) is 6.07 Å². The molecule has 0 saturated carbocycles. The monoisotopic (exact) mass is 209 g/mol. The Bertz CT molecular complexity index is 380. The van der Waals surface area contributed by atoms with Gasteiger partial charge in [-0.05, 0) is 17.7 Å². The molecular formula is C7H3ClF3NO. The number of carbonyl (C=O) groups is 1. The third-order valence-corrected chi connectivity index (χ3v) is 1.61. The number of nitrogen functional groups attached to an aromatic ring is 1. The van der Waals surface area contributed by atoms with E-state index in [2.05, 4.69) is 0 Å². The van der Waals surface area contributed by atoms with Crippen molar-refractivity contribution < 1.29 is 18.0 Å². The zero-order valence-corrected chi connectivity index (χ0v) is 6.83. The van der Waals surface area contributed by atoms with Crippen LogP contribution in [0.3, 0.4) is 0 Å². The summed E-state index contributed by atoms with van der Waals surface area (Å²) < 4.78 is 37.9. The molecule has 0 amide bonds. The predicted octanol–water partition coefficient (Wildman–Crippen LogP) is 2.07. The first-order valence-corrected chi connectivity index (χ1v) is 3.45. The van der Waals surface area contributed by atoms with Crippen LogP contribution in [0.2, 0.25) is 0 Å². The molecular weight excluding hydrogens is 207 g/mol. The van der Waals surface area contributed by atoms with Gasteiger partial charge in [-0.1, -0.05) is 0 Å². The summed E-state index contributed by atoms with van der Waals surface area (Å²) in [4.78, 5) is 10.5. The van der Waals surface area contributed by atoms with Crippen molar-refractivity contribution >= 4 is 22.5 Å². The van der Waals surface area contributed by atoms with Gasteiger partial charge in [0, 0.05) is 0 Å². The first-order valence-electron chi connectivity index (χ1n) is 3.08. The largest absolute Gasteiger partial charge is 0.394 e. The molecule has 0 saturated heterocycles. The lowest BCUT2D eigenvalue weighted by Gasteiger charge is -2.02. The molecule has 6 heteroatoms. The molecule has 1 aromatic carbocycles. The average molecular weight is 210 g/mol. The maximum atomic E-state index is 12.9. The standard InChI is InChI=1S/C7H3ClF3NO/c8-7(13)2-1-3(9)5(11)6(12)4(2)10/h1H,12H2. The minimum absolute atomic E-state index is 0.357. The van der Waals surface area contributed by atoms with Crippen LogP contribution in [0.4, 0.5) is 18.9 Å². The van der Waals surface area contributed by atoms with E-state index >= 15 is 0 Å². The van der Waals surface area contributed by atoms with Crippen molar-refractivity contribution in [2.75, 3.05) is 5.73 Å². The van der Waals surface area contributed by atoms with Gasteiger partial charge in [0.05, 0.1) is 5.56 Å². The molecule has 1 rings (SSSR count). The lowest BCUT2D eigenvalue weighted by atomic mass is 10.2. The van der Waals surface area contributed by atoms with Crippen molar-refractivity contribution in [3.8, 4) is 0 Å². The summed E-state index contributed by atoms with van der Waals surface area (Å²) in [5, 5.41) is -1.23. The Hall–Kier alpha value is -1.23. The number of halogens is 4. The van der Waals surface area contributed by atoms with E-state index in [-0.39, 0.29) is 0 Å². The summed E-state index contributed by atoms with van der Waals surface area (Å²) in [6, 6.07) is 0.357. The zero-order chi connectivity index (χ0) is 10.2. The minimum Gasteiger partial charge on any atom is -0.394 e. The number of carbonyl (C=O) groups excluding carboxylic acids is 1. The fraction of sp³-hybridized carbons (Fsp3) is 0. The highest BCUT2D eigenvalue weighted by atomic mass is 35.5. The minimum atomic E-state index is -1.53. The molecule has 2 nitrogen and oxygen atoms in total. The Morgan fingerprint density at radius 1 is 1.31 bits per heavy atom. The highest BCUT2D eigenvalue weighted by molar-refractivity contribution is 6.67. The van der Waals surface area contributed by atoms with Gasteiger partial charge >= 0.3 is 0 Å². The average Bonchev–Trinajstić information content (AvgIpc) is 2.07. The Labute approximate surface area is 76.1 Å². The van der Waals surface area contributed by atoms with E-state index < -0.39 is 33.9 Å². The molecule has 0 spiro atoms. The molecule has 0 atom stereocenters. The van der Waals surface area contributed by atoms with Crippen molar-refractivity contribution in [3.05, 3.63) is 29.1 Å². The quantitative estimate of drug-likeness (QED) is 0.437. The lowest BCUT2D eigenvalue weighted by Crippen LogP contribution is -2.05. The van der Waals surface area contributed by atoms with Crippen molar-refractivity contribution in [3.63, 3.8) is 0 Å². The van der Waals surface area contributed by atoms with Crippen LogP contribution in [0.25, 0.3) is 0 Å². The highest BCUT2D eigenvalue weighted by Gasteiger charge is 2.19. The van der Waals surface area contributed by atoms with Crippen molar-refractivity contribution in [2.24, 2.45) is 0 Å². The Morgan fingerprint density at radius 2 is 1.85 bits per heavy atom. The lowest BCUT2D eigenvalue weighted by molar-refractivity contribution is 0.107. The predicted molar refractivity (Wildman–Crippen MR) is 40.9 cm³/mol. The van der Waals surface area contributed by atoms with Crippen LogP contribution in [0, 0.1) is 17.5 Å². The molecule has 0 aliphatic rings. The maximum Gasteiger partial charge on any atom is 0.255 e. The van der Waals surface area contributed by atoms with E-state index in [0.717, 1.165) is 0 Å². The fourth-order valence-electron chi connectivity index (χ4n) is 0.767. The molecule has 0 bridgehead atoms. The second-order valence-corrected chi connectivity index (χ2v) is 2.56. The topological polar surface area (TPSA) is 43.1 Å². The molecule has 0 heterocycles. The molecule has 1 aromatic rings. The first kappa shape index (κ1) is 9.85. The van der Waals surface area contributed by atoms with Gasteiger partial charge in [-0.25, -0.2) is 13.2 Å². The Kier molecular flexibility index (Phi) is 2.47. The van der Waals surface area contributed by atoms with Crippen LogP contribution >= 0.6 is 11.6 Å². The number of hydrogen-bond acceptors (Lipinski definition) is 2. The molecule has 0 aromatic heterocycles. The van der Waals surface area contributed by atoms with Crippen molar-refractivity contribution in [1.29, 1.82) is 0 Å². The molecule has 0 aliphatic heterocycles. The molecule has 2 N–H and O–H groups in total. The number of rotatable bonds is 1. The van der Waals surface area contributed by atoms with Gasteiger partial charge < -0.3 is 5.73 Å². The highest BCUT2D eigenvalue weighted by Crippen LogP contribution is 2.22. The first-order chi connectivity index (χ1) is 5.95. The second-order valence-electron chi connectivity index (χ2n) is 2.22. The number of anilines is 1. The van der Waals surface area contributed by atoms with E-state index in [1.165, 1.54) is 0 Å². The summed E-state index contributed by atoms with van der Waals surface area (Å²) in [5.74, 6) is -4.29. The third-order valence-electron chi connectivity index (χ3n) is 1.40. The zero-order valence-electron chi connectivity index (χ0n) is 6.07. The third kappa shape index (κ3) is 1.60. The van der Waals surface area contributed by atoms with Crippen LogP contribution in [0.1, 0.15) is 10.4 Å². The summed E-state index contributed by atoms with van der Waals surface area (Å²) >= 11 is 4.88. The van der Waals surface area contributed by atoms with Gasteiger partial charge in [0.2, 0.25) is 0 Å². The fourth-order valence-corrected chi connectivity index (χ4v) is 0.904. The van der Waals surface area contributed by atoms with Gasteiger partial charge in [0.25, 0.3) is 5.24 Å². The van der Waals surface area contributed by atoms with Crippen LogP contribution in [0.15, 0.2) is 6.07 Å². The Balaban J connectivity index is 3.50. The van der Waals surface area contributed by atoms with Crippen LogP contribution in [0.5, 0.6) is 0 Å². The molecule has 13 heavy (non-hydrogen) atoms. The number of hydrogen-bond donors (Lipinski definition) is 1. The van der Waals surface area contributed by atoms with E-state index in [1.807, 2.05) is 0 Å². The van der Waals surface area contributed by atoms with Gasteiger partial charge in [-0.2, -0.15) is 0 Å². The van der Waals surface area contributed by atoms with E-state index in [9.17, 15) is 18.0 Å². The SMILES string of the molecule is Nc1c(F)c(F)cc(C(=O)Cl)c1F. The summed E-state index contributed by atoms with van der Waals surface area (Å²) in [6.45, 7) is 0. The van der Waals surface area contributed by atoms with E-state index in [1.54, 1.807) is 0 Å². The van der Waals surface area contributed by atoms with Crippen LogP contribution < -0.4 is 5.73 Å². The second kappa shape index (κ2) is 3.26. The van der Waals surface area contributed by atoms with Crippen LogP contribution in [-0.2, 0) is 0 Å². The normalized spacial score (nSPS) is 10.2. The summed E-state index contributed by atoms with van der Waals surface area (Å²) in [7, 11) is 0. The smallest absolute Gasteiger partial charge is 0.255 e. The molecule has 70 valence electrons. The van der Waals surface area contributed by atoms with Crippen molar-refractivity contribution in [2.45, 2.75) is 0 Å². The molecule has 0 radical (unpaired) electrons.